The molecule has 0 aliphatic carbocycles. The average molecular weight is 240 g/mol. The number of rotatable bonds is 3. The van der Waals surface area contributed by atoms with Gasteiger partial charge in [-0.2, -0.15) is 0 Å². The summed E-state index contributed by atoms with van der Waals surface area (Å²) < 4.78 is 5.28. The number of morpholine rings is 1. The van der Waals surface area contributed by atoms with Gasteiger partial charge in [-0.25, -0.2) is 0 Å². The number of amides is 1. The van der Waals surface area contributed by atoms with Crippen LogP contribution in [0, 0.1) is 0 Å². The molecule has 1 heterocycles. The average Bonchev–Trinajstić information content (AvgIpc) is 2.33. The fraction of sp³-hybridized carbons (Fsp3) is 0.417. The van der Waals surface area contributed by atoms with Crippen LogP contribution in [-0.2, 0) is 16.1 Å². The first kappa shape index (κ1) is 11.4. The van der Waals surface area contributed by atoms with Crippen LogP contribution in [0.5, 0.6) is 0 Å². The number of hydrogen-bond acceptors (Lipinski definition) is 2. The van der Waals surface area contributed by atoms with Crippen LogP contribution in [0.1, 0.15) is 5.56 Å². The lowest BCUT2D eigenvalue weighted by Gasteiger charge is -2.31. The molecule has 0 N–H and O–H groups in total. The summed E-state index contributed by atoms with van der Waals surface area (Å²) in [6, 6.07) is 9.93. The lowest BCUT2D eigenvalue weighted by molar-refractivity contribution is -0.151. The Morgan fingerprint density at radius 3 is 2.81 bits per heavy atom. The van der Waals surface area contributed by atoms with Crippen LogP contribution < -0.4 is 0 Å². The highest BCUT2D eigenvalue weighted by molar-refractivity contribution is 6.19. The molecule has 3 nitrogen and oxygen atoms in total. The van der Waals surface area contributed by atoms with Gasteiger partial charge in [-0.05, 0) is 5.56 Å². The van der Waals surface area contributed by atoms with Gasteiger partial charge in [0.25, 0.3) is 5.91 Å². The van der Waals surface area contributed by atoms with Crippen molar-refractivity contribution in [2.75, 3.05) is 19.0 Å². The van der Waals surface area contributed by atoms with E-state index in [0.717, 1.165) is 5.56 Å². The molecule has 1 aromatic rings. The lowest BCUT2D eigenvalue weighted by atomic mass is 10.2. The number of nitrogens with zero attached hydrogens (tertiary/aromatic N) is 1. The van der Waals surface area contributed by atoms with Gasteiger partial charge in [-0.15, -0.1) is 11.6 Å². The summed E-state index contributed by atoms with van der Waals surface area (Å²) in [5.41, 5.74) is 1.13. The third kappa shape index (κ3) is 2.54. The van der Waals surface area contributed by atoms with Crippen molar-refractivity contribution in [2.24, 2.45) is 0 Å². The first-order valence-corrected chi connectivity index (χ1v) is 5.85. The van der Waals surface area contributed by atoms with Gasteiger partial charge in [0.1, 0.15) is 6.10 Å². The van der Waals surface area contributed by atoms with E-state index in [1.807, 2.05) is 30.3 Å². The van der Waals surface area contributed by atoms with E-state index >= 15 is 0 Å². The molecule has 0 radical (unpaired) electrons. The van der Waals surface area contributed by atoms with Gasteiger partial charge in [0, 0.05) is 13.1 Å². The molecule has 86 valence electrons. The molecule has 16 heavy (non-hydrogen) atoms. The van der Waals surface area contributed by atoms with Gasteiger partial charge < -0.3 is 9.64 Å². The zero-order valence-corrected chi connectivity index (χ0v) is 9.69. The molecular weight excluding hydrogens is 226 g/mol. The van der Waals surface area contributed by atoms with Crippen molar-refractivity contribution in [3.05, 3.63) is 35.9 Å². The summed E-state index contributed by atoms with van der Waals surface area (Å²) in [6.45, 7) is 1.84. The minimum absolute atomic E-state index is 0.00916. The van der Waals surface area contributed by atoms with Crippen molar-refractivity contribution >= 4 is 17.5 Å². The van der Waals surface area contributed by atoms with E-state index in [-0.39, 0.29) is 11.8 Å². The summed E-state index contributed by atoms with van der Waals surface area (Å²) in [6.07, 6.45) is -0.473. The van der Waals surface area contributed by atoms with E-state index in [1.165, 1.54) is 0 Å². The fourth-order valence-electron chi connectivity index (χ4n) is 1.76. The first-order chi connectivity index (χ1) is 7.81. The van der Waals surface area contributed by atoms with Crippen molar-refractivity contribution in [1.82, 2.24) is 4.90 Å². The molecule has 1 unspecified atom stereocenters. The Balaban J connectivity index is 2.02. The van der Waals surface area contributed by atoms with E-state index in [4.69, 9.17) is 16.3 Å². The van der Waals surface area contributed by atoms with Crippen LogP contribution in [0.15, 0.2) is 30.3 Å². The van der Waals surface area contributed by atoms with Crippen molar-refractivity contribution in [3.8, 4) is 0 Å². The van der Waals surface area contributed by atoms with Gasteiger partial charge in [-0.1, -0.05) is 30.3 Å². The van der Waals surface area contributed by atoms with E-state index in [9.17, 15) is 4.79 Å². The molecule has 0 saturated carbocycles. The van der Waals surface area contributed by atoms with Crippen LogP contribution in [-0.4, -0.2) is 35.9 Å². The Morgan fingerprint density at radius 1 is 1.38 bits per heavy atom. The third-order valence-electron chi connectivity index (χ3n) is 2.62. The largest absolute Gasteiger partial charge is 0.365 e. The SMILES string of the molecule is O=C1C(CCl)OCCN1Cc1ccccc1. The van der Waals surface area contributed by atoms with Gasteiger partial charge in [-0.3, -0.25) is 4.79 Å². The summed E-state index contributed by atoms with van der Waals surface area (Å²) in [4.78, 5) is 13.7. The summed E-state index contributed by atoms with van der Waals surface area (Å²) in [7, 11) is 0. The maximum Gasteiger partial charge on any atom is 0.253 e. The second kappa shape index (κ2) is 5.32. The Morgan fingerprint density at radius 2 is 2.12 bits per heavy atom. The zero-order valence-electron chi connectivity index (χ0n) is 8.93. The highest BCUT2D eigenvalue weighted by Gasteiger charge is 2.28. The van der Waals surface area contributed by atoms with Crippen molar-refractivity contribution in [1.29, 1.82) is 0 Å². The van der Waals surface area contributed by atoms with Crippen molar-refractivity contribution in [2.45, 2.75) is 12.6 Å². The van der Waals surface area contributed by atoms with Crippen molar-refractivity contribution < 1.29 is 9.53 Å². The molecule has 0 bridgehead atoms. The maximum absolute atomic E-state index is 11.9. The molecule has 2 rings (SSSR count). The number of carbonyl (C=O) groups is 1. The summed E-state index contributed by atoms with van der Waals surface area (Å²) >= 11 is 5.67. The fourth-order valence-corrected chi connectivity index (χ4v) is 1.98. The predicted molar refractivity (Wildman–Crippen MR) is 62.3 cm³/mol. The monoisotopic (exact) mass is 239 g/mol. The first-order valence-electron chi connectivity index (χ1n) is 5.31. The lowest BCUT2D eigenvalue weighted by Crippen LogP contribution is -2.47. The number of alkyl halides is 1. The number of hydrogen-bond donors (Lipinski definition) is 0. The normalized spacial score (nSPS) is 21.2. The summed E-state index contributed by atoms with van der Waals surface area (Å²) in [5, 5.41) is 0. The number of benzene rings is 1. The van der Waals surface area contributed by atoms with Gasteiger partial charge in [0.05, 0.1) is 12.5 Å². The van der Waals surface area contributed by atoms with Gasteiger partial charge in [0.15, 0.2) is 0 Å². The standard InChI is InChI=1S/C12H14ClNO2/c13-8-11-12(15)14(6-7-16-11)9-10-4-2-1-3-5-10/h1-5,11H,6-9H2. The molecule has 1 saturated heterocycles. The molecule has 1 amide bonds. The zero-order chi connectivity index (χ0) is 11.4. The maximum atomic E-state index is 11.9. The molecule has 1 atom stereocenters. The molecular formula is C12H14ClNO2. The minimum Gasteiger partial charge on any atom is -0.365 e. The smallest absolute Gasteiger partial charge is 0.253 e. The van der Waals surface area contributed by atoms with E-state index < -0.39 is 6.10 Å². The molecule has 1 aliphatic heterocycles. The molecule has 4 heteroatoms. The van der Waals surface area contributed by atoms with E-state index in [1.54, 1.807) is 4.90 Å². The number of ether oxygens (including phenoxy) is 1. The Bertz CT molecular complexity index is 355. The number of carbonyl (C=O) groups excluding carboxylic acids is 1. The molecule has 1 aromatic carbocycles. The minimum atomic E-state index is -0.473. The van der Waals surface area contributed by atoms with Gasteiger partial charge >= 0.3 is 0 Å². The summed E-state index contributed by atoms with van der Waals surface area (Å²) in [5.74, 6) is 0.217. The molecule has 1 fully saturated rings. The Labute approximate surface area is 100.0 Å². The topological polar surface area (TPSA) is 29.5 Å². The van der Waals surface area contributed by atoms with Crippen LogP contribution in [0.25, 0.3) is 0 Å². The second-order valence-corrected chi connectivity index (χ2v) is 4.07. The Hall–Kier alpha value is -1.06. The van der Waals surface area contributed by atoms with Crippen LogP contribution >= 0.6 is 11.6 Å². The highest BCUT2D eigenvalue weighted by Crippen LogP contribution is 2.12. The van der Waals surface area contributed by atoms with Crippen LogP contribution in [0.2, 0.25) is 0 Å². The van der Waals surface area contributed by atoms with Gasteiger partial charge in [0.2, 0.25) is 0 Å². The third-order valence-corrected chi connectivity index (χ3v) is 2.90. The Kier molecular flexibility index (Phi) is 3.80. The van der Waals surface area contributed by atoms with Crippen LogP contribution in [0.3, 0.4) is 0 Å². The van der Waals surface area contributed by atoms with Crippen molar-refractivity contribution in [3.63, 3.8) is 0 Å². The quantitative estimate of drug-likeness (QED) is 0.751. The van der Waals surface area contributed by atoms with E-state index in [0.29, 0.717) is 19.7 Å². The van der Waals surface area contributed by atoms with Crippen LogP contribution in [0.4, 0.5) is 0 Å². The second-order valence-electron chi connectivity index (χ2n) is 3.76. The highest BCUT2D eigenvalue weighted by atomic mass is 35.5. The molecule has 1 aliphatic rings. The molecule has 0 aromatic heterocycles. The molecule has 0 spiro atoms. The van der Waals surface area contributed by atoms with E-state index in [2.05, 4.69) is 0 Å². The predicted octanol–water partition coefficient (Wildman–Crippen LogP) is 1.65. The number of halogens is 1.